The van der Waals surface area contributed by atoms with Gasteiger partial charge in [-0.25, -0.2) is 0 Å². The number of Topliss-reactive ketones (excluding diaryl/α,β-unsaturated/α-hetero) is 1. The van der Waals surface area contributed by atoms with E-state index in [9.17, 15) is 14.9 Å². The average molecular weight is 207 g/mol. The lowest BCUT2D eigenvalue weighted by Gasteiger charge is -2.44. The number of carbonyl (C=O) groups excluding carboxylic acids is 2. The molecule has 0 heterocycles. The number of hydrogen-bond acceptors (Lipinski definition) is 4. The van der Waals surface area contributed by atoms with Gasteiger partial charge in [0.1, 0.15) is 5.78 Å². The third-order valence-corrected chi connectivity index (χ3v) is 3.78. The van der Waals surface area contributed by atoms with Crippen LogP contribution in [0.3, 0.4) is 0 Å². The van der Waals surface area contributed by atoms with Crippen LogP contribution in [0, 0.1) is 28.6 Å². The molecule has 3 atom stereocenters. The third-order valence-electron chi connectivity index (χ3n) is 3.78. The Labute approximate surface area is 88.2 Å². The van der Waals surface area contributed by atoms with Crippen LogP contribution < -0.4 is 0 Å². The van der Waals surface area contributed by atoms with E-state index in [0.717, 1.165) is 12.8 Å². The second-order valence-electron chi connectivity index (χ2n) is 4.42. The minimum absolute atomic E-state index is 0.103. The first kappa shape index (κ1) is 10.2. The maximum atomic E-state index is 11.7. The molecular weight excluding hydrogens is 194 g/mol. The van der Waals surface area contributed by atoms with E-state index in [1.807, 2.05) is 0 Å². The van der Waals surface area contributed by atoms with Crippen molar-refractivity contribution >= 4 is 11.8 Å². The highest BCUT2D eigenvalue weighted by molar-refractivity contribution is 5.89. The molecule has 4 nitrogen and oxygen atoms in total. The number of fused-ring (bicyclic) bond motifs is 3. The maximum Gasteiger partial charge on any atom is 0.326 e. The van der Waals surface area contributed by atoms with Crippen LogP contribution in [0.25, 0.3) is 0 Å². The highest BCUT2D eigenvalue weighted by Crippen LogP contribution is 2.51. The first-order valence-corrected chi connectivity index (χ1v) is 5.16. The molecule has 3 fully saturated rings. The molecule has 0 unspecified atom stereocenters. The summed E-state index contributed by atoms with van der Waals surface area (Å²) in [5.41, 5.74) is -1.05. The molecule has 0 radical (unpaired) electrons. The molecule has 3 saturated carbocycles. The van der Waals surface area contributed by atoms with Crippen molar-refractivity contribution in [2.45, 2.75) is 25.7 Å². The first-order valence-electron chi connectivity index (χ1n) is 5.16. The molecular formula is C11H13NO3. The molecule has 0 aromatic rings. The molecule has 0 aromatic heterocycles. The molecule has 0 amide bonds. The van der Waals surface area contributed by atoms with E-state index in [-0.39, 0.29) is 17.6 Å². The van der Waals surface area contributed by atoms with E-state index in [1.54, 1.807) is 0 Å². The molecule has 80 valence electrons. The van der Waals surface area contributed by atoms with E-state index < -0.39 is 11.4 Å². The highest BCUT2D eigenvalue weighted by Gasteiger charge is 2.56. The summed E-state index contributed by atoms with van der Waals surface area (Å²) < 4.78 is 4.70. The van der Waals surface area contributed by atoms with Gasteiger partial charge in [-0.15, -0.1) is 0 Å². The zero-order chi connectivity index (χ0) is 11.1. The predicted octanol–water partition coefficient (Wildman–Crippen LogP) is 1.06. The summed E-state index contributed by atoms with van der Waals surface area (Å²) in [6, 6.07) is 2.09. The molecule has 0 saturated heterocycles. The minimum atomic E-state index is -1.05. The maximum absolute atomic E-state index is 11.7. The van der Waals surface area contributed by atoms with Crippen LogP contribution in [0.5, 0.6) is 0 Å². The van der Waals surface area contributed by atoms with Gasteiger partial charge in [0.15, 0.2) is 5.41 Å². The highest BCUT2D eigenvalue weighted by atomic mass is 16.5. The number of hydrogen-bond donors (Lipinski definition) is 0. The Morgan fingerprint density at radius 1 is 1.60 bits per heavy atom. The van der Waals surface area contributed by atoms with Crippen molar-refractivity contribution in [2.24, 2.45) is 17.3 Å². The zero-order valence-electron chi connectivity index (χ0n) is 8.66. The van der Waals surface area contributed by atoms with Crippen molar-refractivity contribution < 1.29 is 14.3 Å². The van der Waals surface area contributed by atoms with Gasteiger partial charge in [0.25, 0.3) is 0 Å². The SMILES string of the molecule is COC(=O)[C@]1(C#N)C[C@H]2CC[C@@H]1CC2=O. The summed E-state index contributed by atoms with van der Waals surface area (Å²) in [6.07, 6.45) is 2.34. The van der Waals surface area contributed by atoms with Gasteiger partial charge in [-0.3, -0.25) is 9.59 Å². The molecule has 3 rings (SSSR count). The van der Waals surface area contributed by atoms with Crippen molar-refractivity contribution in [1.29, 1.82) is 5.26 Å². The Morgan fingerprint density at radius 3 is 2.73 bits per heavy atom. The minimum Gasteiger partial charge on any atom is -0.468 e. The van der Waals surface area contributed by atoms with Gasteiger partial charge >= 0.3 is 5.97 Å². The van der Waals surface area contributed by atoms with Crippen LogP contribution in [-0.2, 0) is 14.3 Å². The summed E-state index contributed by atoms with van der Waals surface area (Å²) >= 11 is 0. The summed E-state index contributed by atoms with van der Waals surface area (Å²) in [4.78, 5) is 23.2. The van der Waals surface area contributed by atoms with Crippen LogP contribution in [0.2, 0.25) is 0 Å². The molecule has 0 spiro atoms. The summed E-state index contributed by atoms with van der Waals surface area (Å²) in [7, 11) is 1.30. The van der Waals surface area contributed by atoms with Crippen molar-refractivity contribution in [3.05, 3.63) is 0 Å². The fourth-order valence-electron chi connectivity index (χ4n) is 2.88. The zero-order valence-corrected chi connectivity index (χ0v) is 8.66. The number of carbonyl (C=O) groups is 2. The van der Waals surface area contributed by atoms with Crippen LogP contribution >= 0.6 is 0 Å². The largest absolute Gasteiger partial charge is 0.468 e. The normalized spacial score (nSPS) is 38.5. The van der Waals surface area contributed by atoms with Gasteiger partial charge < -0.3 is 4.74 Å². The second-order valence-corrected chi connectivity index (χ2v) is 4.42. The van der Waals surface area contributed by atoms with E-state index >= 15 is 0 Å². The molecule has 2 bridgehead atoms. The summed E-state index contributed by atoms with van der Waals surface area (Å²) in [5.74, 6) is -0.491. The average Bonchev–Trinajstić information content (AvgIpc) is 2.28. The van der Waals surface area contributed by atoms with Gasteiger partial charge in [0.2, 0.25) is 0 Å². The Kier molecular flexibility index (Phi) is 2.26. The smallest absolute Gasteiger partial charge is 0.326 e. The molecule has 15 heavy (non-hydrogen) atoms. The van der Waals surface area contributed by atoms with E-state index in [0.29, 0.717) is 12.8 Å². The molecule has 0 aromatic carbocycles. The number of rotatable bonds is 1. The van der Waals surface area contributed by atoms with E-state index in [2.05, 4.69) is 6.07 Å². The van der Waals surface area contributed by atoms with Gasteiger partial charge in [-0.1, -0.05) is 0 Å². The Balaban J connectivity index is 2.34. The summed E-state index contributed by atoms with van der Waals surface area (Å²) in [5, 5.41) is 9.19. The Hall–Kier alpha value is -1.37. The van der Waals surface area contributed by atoms with Crippen molar-refractivity contribution in [3.63, 3.8) is 0 Å². The number of ketones is 1. The first-order chi connectivity index (χ1) is 7.14. The van der Waals surface area contributed by atoms with Gasteiger partial charge in [-0.2, -0.15) is 5.26 Å². The lowest BCUT2D eigenvalue weighted by Crippen LogP contribution is -2.50. The van der Waals surface area contributed by atoms with E-state index in [4.69, 9.17) is 4.74 Å². The van der Waals surface area contributed by atoms with Gasteiger partial charge in [0.05, 0.1) is 13.2 Å². The Bertz CT molecular complexity index is 357. The van der Waals surface area contributed by atoms with E-state index in [1.165, 1.54) is 7.11 Å². The fourth-order valence-corrected chi connectivity index (χ4v) is 2.88. The van der Waals surface area contributed by atoms with Gasteiger partial charge in [0, 0.05) is 12.3 Å². The van der Waals surface area contributed by atoms with Crippen molar-refractivity contribution in [3.8, 4) is 6.07 Å². The number of esters is 1. The van der Waals surface area contributed by atoms with Crippen LogP contribution in [-0.4, -0.2) is 18.9 Å². The lowest BCUT2D eigenvalue weighted by atomic mass is 9.56. The van der Waals surface area contributed by atoms with Gasteiger partial charge in [-0.05, 0) is 25.2 Å². The van der Waals surface area contributed by atoms with Crippen LogP contribution in [0.15, 0.2) is 0 Å². The Morgan fingerprint density at radius 2 is 2.33 bits per heavy atom. The molecule has 4 heteroatoms. The van der Waals surface area contributed by atoms with Crippen LogP contribution in [0.1, 0.15) is 25.7 Å². The standard InChI is InChI=1S/C11H13NO3/c1-15-10(14)11(6-12)5-7-2-3-8(11)4-9(7)13/h7-8H,2-5H2,1H3/t7-,8-,11+/m1/s1. The molecule has 3 aliphatic rings. The van der Waals surface area contributed by atoms with Crippen molar-refractivity contribution in [1.82, 2.24) is 0 Å². The lowest BCUT2D eigenvalue weighted by molar-refractivity contribution is -0.160. The number of nitriles is 1. The van der Waals surface area contributed by atoms with Crippen molar-refractivity contribution in [2.75, 3.05) is 7.11 Å². The molecule has 0 N–H and O–H groups in total. The number of methoxy groups -OCH3 is 1. The van der Waals surface area contributed by atoms with Crippen LogP contribution in [0.4, 0.5) is 0 Å². The second kappa shape index (κ2) is 3.34. The predicted molar refractivity (Wildman–Crippen MR) is 50.5 cm³/mol. The third kappa shape index (κ3) is 1.26. The molecule has 0 aliphatic heterocycles. The number of nitrogens with zero attached hydrogens (tertiary/aromatic N) is 1. The number of ether oxygens (including phenoxy) is 1. The fraction of sp³-hybridized carbons (Fsp3) is 0.727. The molecule has 3 aliphatic carbocycles. The monoisotopic (exact) mass is 207 g/mol. The quantitative estimate of drug-likeness (QED) is 0.603. The topological polar surface area (TPSA) is 67.2 Å². The summed E-state index contributed by atoms with van der Waals surface area (Å²) in [6.45, 7) is 0.